The van der Waals surface area contributed by atoms with Gasteiger partial charge < -0.3 is 9.47 Å². The molecule has 1 atom stereocenters. The van der Waals surface area contributed by atoms with E-state index in [0.717, 1.165) is 37.5 Å². The summed E-state index contributed by atoms with van der Waals surface area (Å²) in [6.45, 7) is 3.90. The number of hydrogen-bond acceptors (Lipinski definition) is 3. The minimum Gasteiger partial charge on any atom is -0.423 e. The van der Waals surface area contributed by atoms with Crippen LogP contribution in [-0.2, 0) is 9.47 Å². The molecule has 1 unspecified atom stereocenters. The van der Waals surface area contributed by atoms with Crippen LogP contribution in [-0.4, -0.2) is 17.9 Å². The Morgan fingerprint density at radius 2 is 1.42 bits per heavy atom. The zero-order valence-corrected chi connectivity index (χ0v) is 15.1. The molecule has 0 aromatic carbocycles. The Hall–Kier alpha value is -0.990. The largest absolute Gasteiger partial charge is 0.509 e. The molecule has 136 valence electrons. The van der Waals surface area contributed by atoms with Crippen molar-refractivity contribution < 1.29 is 14.3 Å². The van der Waals surface area contributed by atoms with Crippen LogP contribution >= 0.6 is 0 Å². The number of hydrogen-bond donors (Lipinski definition) is 0. The first-order chi connectivity index (χ1) is 11.7. The topological polar surface area (TPSA) is 35.5 Å². The average Bonchev–Trinajstić information content (AvgIpc) is 2.96. The molecule has 3 rings (SSSR count). The molecular weight excluding hydrogens is 300 g/mol. The van der Waals surface area contributed by atoms with E-state index in [1.807, 2.05) is 0 Å². The van der Waals surface area contributed by atoms with Crippen LogP contribution in [0.1, 0.15) is 89.9 Å². The van der Waals surface area contributed by atoms with Crippen molar-refractivity contribution in [2.45, 2.75) is 102 Å². The van der Waals surface area contributed by atoms with Crippen LogP contribution in [0.5, 0.6) is 0 Å². The van der Waals surface area contributed by atoms with Crippen LogP contribution in [0.3, 0.4) is 0 Å². The molecule has 1 aliphatic heterocycles. The maximum absolute atomic E-state index is 11.8. The molecule has 0 aromatic rings. The van der Waals surface area contributed by atoms with E-state index in [9.17, 15) is 4.79 Å². The normalized spacial score (nSPS) is 28.3. The molecule has 1 saturated heterocycles. The predicted octanol–water partition coefficient (Wildman–Crippen LogP) is 6.17. The molecule has 2 saturated carbocycles. The van der Waals surface area contributed by atoms with Crippen LogP contribution < -0.4 is 0 Å². The van der Waals surface area contributed by atoms with Gasteiger partial charge in [0.15, 0.2) is 11.7 Å². The number of carbonyl (C=O) groups is 1. The lowest BCUT2D eigenvalue weighted by Crippen LogP contribution is -2.40. The van der Waals surface area contributed by atoms with Crippen LogP contribution in [0.15, 0.2) is 12.7 Å². The summed E-state index contributed by atoms with van der Waals surface area (Å²) >= 11 is 0. The van der Waals surface area contributed by atoms with Crippen molar-refractivity contribution in [3.8, 4) is 0 Å². The Morgan fingerprint density at radius 3 is 1.88 bits per heavy atom. The van der Waals surface area contributed by atoms with Gasteiger partial charge in [0.1, 0.15) is 0 Å². The van der Waals surface area contributed by atoms with E-state index in [2.05, 4.69) is 6.58 Å². The van der Waals surface area contributed by atoms with Crippen LogP contribution in [0.2, 0.25) is 0 Å². The van der Waals surface area contributed by atoms with Crippen molar-refractivity contribution in [1.29, 1.82) is 0 Å². The third kappa shape index (κ3) is 4.34. The Bertz CT molecular complexity index is 397. The first-order valence-electron chi connectivity index (χ1n) is 10.2. The summed E-state index contributed by atoms with van der Waals surface area (Å²) < 4.78 is 11.2. The molecule has 0 radical (unpaired) electrons. The van der Waals surface area contributed by atoms with Gasteiger partial charge in [-0.05, 0) is 43.6 Å². The highest BCUT2D eigenvalue weighted by Gasteiger charge is 2.49. The van der Waals surface area contributed by atoms with Gasteiger partial charge in [0, 0.05) is 0 Å². The SMILES string of the molecule is C=CC1OC(=O)OC1(CCC1CCCCC1)CCC1CCCCC1. The maximum atomic E-state index is 11.8. The van der Waals surface area contributed by atoms with E-state index in [0.29, 0.717) is 0 Å². The lowest BCUT2D eigenvalue weighted by molar-refractivity contribution is 0.0130. The van der Waals surface area contributed by atoms with Gasteiger partial charge in [0.25, 0.3) is 0 Å². The van der Waals surface area contributed by atoms with Crippen LogP contribution in [0.4, 0.5) is 4.79 Å². The summed E-state index contributed by atoms with van der Waals surface area (Å²) in [5, 5.41) is 0. The molecule has 2 aliphatic carbocycles. The molecule has 24 heavy (non-hydrogen) atoms. The van der Waals surface area contributed by atoms with Crippen molar-refractivity contribution in [3.63, 3.8) is 0 Å². The van der Waals surface area contributed by atoms with Gasteiger partial charge in [-0.25, -0.2) is 4.79 Å². The van der Waals surface area contributed by atoms with Gasteiger partial charge in [-0.15, -0.1) is 0 Å². The Morgan fingerprint density at radius 1 is 0.917 bits per heavy atom. The smallest absolute Gasteiger partial charge is 0.423 e. The van der Waals surface area contributed by atoms with Gasteiger partial charge in [-0.3, -0.25) is 0 Å². The second kappa shape index (κ2) is 8.40. The first kappa shape index (κ1) is 17.8. The quantitative estimate of drug-likeness (QED) is 0.412. The summed E-state index contributed by atoms with van der Waals surface area (Å²) in [6, 6.07) is 0. The third-order valence-electron chi connectivity index (χ3n) is 6.64. The van der Waals surface area contributed by atoms with Gasteiger partial charge in [0.2, 0.25) is 0 Å². The zero-order valence-electron chi connectivity index (χ0n) is 15.1. The maximum Gasteiger partial charge on any atom is 0.509 e. The van der Waals surface area contributed by atoms with Crippen molar-refractivity contribution in [2.75, 3.05) is 0 Å². The number of rotatable bonds is 7. The molecule has 0 aromatic heterocycles. The summed E-state index contributed by atoms with van der Waals surface area (Å²) in [5.41, 5.74) is -0.451. The summed E-state index contributed by atoms with van der Waals surface area (Å²) in [4.78, 5) is 11.8. The molecular formula is C21H34O3. The third-order valence-corrected chi connectivity index (χ3v) is 6.64. The van der Waals surface area contributed by atoms with Crippen molar-refractivity contribution >= 4 is 6.16 Å². The Balaban J connectivity index is 1.61. The van der Waals surface area contributed by atoms with E-state index in [-0.39, 0.29) is 6.10 Å². The highest BCUT2D eigenvalue weighted by molar-refractivity contribution is 5.64. The molecule has 3 aliphatic rings. The van der Waals surface area contributed by atoms with E-state index in [1.54, 1.807) is 6.08 Å². The van der Waals surface area contributed by atoms with Gasteiger partial charge in [0.05, 0.1) is 0 Å². The minimum atomic E-state index is -0.493. The second-order valence-electron chi connectivity index (χ2n) is 8.28. The molecule has 0 amide bonds. The highest BCUT2D eigenvalue weighted by atomic mass is 16.8. The Labute approximate surface area is 147 Å². The summed E-state index contributed by atoms with van der Waals surface area (Å²) in [6.07, 6.45) is 18.8. The predicted molar refractivity (Wildman–Crippen MR) is 95.9 cm³/mol. The van der Waals surface area contributed by atoms with Crippen LogP contribution in [0.25, 0.3) is 0 Å². The van der Waals surface area contributed by atoms with E-state index >= 15 is 0 Å². The fourth-order valence-electron chi connectivity index (χ4n) is 5.08. The van der Waals surface area contributed by atoms with Crippen molar-refractivity contribution in [1.82, 2.24) is 0 Å². The monoisotopic (exact) mass is 334 g/mol. The van der Waals surface area contributed by atoms with Crippen molar-refractivity contribution in [2.24, 2.45) is 11.8 Å². The lowest BCUT2D eigenvalue weighted by Gasteiger charge is -2.33. The molecule has 0 spiro atoms. The highest BCUT2D eigenvalue weighted by Crippen LogP contribution is 2.41. The molecule has 1 heterocycles. The molecule has 3 nitrogen and oxygen atoms in total. The number of cyclic esters (lactones) is 2. The summed E-state index contributed by atoms with van der Waals surface area (Å²) in [7, 11) is 0. The van der Waals surface area contributed by atoms with E-state index in [4.69, 9.17) is 9.47 Å². The van der Waals surface area contributed by atoms with Gasteiger partial charge >= 0.3 is 6.16 Å². The van der Waals surface area contributed by atoms with E-state index < -0.39 is 11.8 Å². The standard InChI is InChI=1S/C21H34O3/c1-2-19-21(24-20(22)23-19,15-13-17-9-5-3-6-10-17)16-14-18-11-7-4-8-12-18/h2,17-19H,1,3-16H2. The van der Waals surface area contributed by atoms with E-state index in [1.165, 1.54) is 64.2 Å². The van der Waals surface area contributed by atoms with Gasteiger partial charge in [-0.2, -0.15) is 0 Å². The fourth-order valence-corrected chi connectivity index (χ4v) is 5.08. The lowest BCUT2D eigenvalue weighted by atomic mass is 9.77. The minimum absolute atomic E-state index is 0.266. The molecule has 0 N–H and O–H groups in total. The second-order valence-corrected chi connectivity index (χ2v) is 8.28. The number of ether oxygens (including phenoxy) is 2. The van der Waals surface area contributed by atoms with Crippen LogP contribution in [0, 0.1) is 11.8 Å². The summed E-state index contributed by atoms with van der Waals surface area (Å²) in [5.74, 6) is 1.60. The van der Waals surface area contributed by atoms with Crippen molar-refractivity contribution in [3.05, 3.63) is 12.7 Å². The van der Waals surface area contributed by atoms with Gasteiger partial charge in [-0.1, -0.05) is 70.8 Å². The fraction of sp³-hybridized carbons (Fsp3) is 0.857. The number of carbonyl (C=O) groups excluding carboxylic acids is 1. The Kier molecular flexibility index (Phi) is 6.24. The molecule has 0 bridgehead atoms. The first-order valence-corrected chi connectivity index (χ1v) is 10.2. The zero-order chi connectivity index (χ0) is 16.8. The molecule has 3 fully saturated rings. The molecule has 3 heteroatoms. The average molecular weight is 335 g/mol.